The molecular formula is C17H19N8O6+. The van der Waals surface area contributed by atoms with Crippen molar-refractivity contribution in [2.24, 2.45) is 15.8 Å². The van der Waals surface area contributed by atoms with Crippen LogP contribution < -0.4 is 16.6 Å². The molecule has 31 heavy (non-hydrogen) atoms. The molecule has 3 aliphatic rings. The number of fused-ring (bicyclic) bond motifs is 1. The summed E-state index contributed by atoms with van der Waals surface area (Å²) in [5.41, 5.74) is 9.39. The number of nitrogens with one attached hydrogen (secondary N) is 2. The molecule has 0 aromatic heterocycles. The number of guanidine groups is 1. The number of imide groups is 1. The molecule has 4 rings (SSSR count). The Morgan fingerprint density at radius 2 is 2.06 bits per heavy atom. The topological polar surface area (TPSA) is 182 Å². The summed E-state index contributed by atoms with van der Waals surface area (Å²) in [6, 6.07) is 5.30. The fraction of sp³-hybridized carbons (Fsp3) is 0.235. The van der Waals surface area contributed by atoms with Crippen molar-refractivity contribution in [3.05, 3.63) is 29.8 Å². The van der Waals surface area contributed by atoms with E-state index in [4.69, 9.17) is 5.73 Å². The van der Waals surface area contributed by atoms with Gasteiger partial charge >= 0.3 is 12.0 Å². The van der Waals surface area contributed by atoms with Crippen LogP contribution in [0.25, 0.3) is 0 Å². The SMILES string of the molecule is CC(=O)ONC(N)=NNC(=O)c1ccccc1O.CN1C(=O)N2C[N+]3=CN=C1C3C2=O. The lowest BCUT2D eigenvalue weighted by atomic mass is 10.2. The number of amidine groups is 1. The van der Waals surface area contributed by atoms with E-state index in [0.717, 1.165) is 0 Å². The van der Waals surface area contributed by atoms with Crippen LogP contribution in [0.2, 0.25) is 0 Å². The van der Waals surface area contributed by atoms with Crippen molar-refractivity contribution < 1.29 is 33.7 Å². The zero-order valence-corrected chi connectivity index (χ0v) is 16.5. The second kappa shape index (κ2) is 8.48. The Morgan fingerprint density at radius 1 is 1.35 bits per heavy atom. The van der Waals surface area contributed by atoms with Crippen molar-refractivity contribution >= 4 is 41.9 Å². The van der Waals surface area contributed by atoms with E-state index < -0.39 is 11.9 Å². The number of aliphatic imine (C=N–C) groups is 1. The normalized spacial score (nSPS) is 18.6. The molecule has 0 aliphatic carbocycles. The number of nitrogens with two attached hydrogens (primary N) is 1. The standard InChI is InChI=1S/C10H12N4O4.C7H7N4O2/c1-6(15)18-14-10(11)13-12-9(17)7-4-2-3-5-8(7)16;1-9-5-4-6(12)11(7(9)13)3-10(4)2-8-5/h2-5,16H,1H3,(H,12,17)(H3,11,13,14);2,4H,3H2,1H3/q;+1. The number of amides is 4. The number of hydrazone groups is 1. The Morgan fingerprint density at radius 3 is 2.74 bits per heavy atom. The first-order valence-electron chi connectivity index (χ1n) is 8.81. The molecule has 1 aromatic carbocycles. The predicted molar refractivity (Wildman–Crippen MR) is 105 cm³/mol. The van der Waals surface area contributed by atoms with E-state index in [1.54, 1.807) is 30.1 Å². The molecule has 162 valence electrons. The molecule has 1 aromatic rings. The number of urea groups is 1. The molecule has 14 heteroatoms. The minimum atomic E-state index is -0.652. The molecular weight excluding hydrogens is 412 g/mol. The maximum absolute atomic E-state index is 11.5. The summed E-state index contributed by atoms with van der Waals surface area (Å²) >= 11 is 0. The number of hydroxylamine groups is 1. The monoisotopic (exact) mass is 431 g/mol. The number of aromatic hydroxyl groups is 1. The number of rotatable bonds is 2. The number of likely N-dealkylation sites (N-methyl/N-ethyl adjacent to an activating group) is 1. The molecule has 5 N–H and O–H groups in total. The van der Waals surface area contributed by atoms with Crippen molar-refractivity contribution in [1.82, 2.24) is 20.7 Å². The number of carbonyl (C=O) groups excluding carboxylic acids is 4. The lowest BCUT2D eigenvalue weighted by molar-refractivity contribution is -0.521. The first kappa shape index (κ1) is 21.2. The Hall–Kier alpha value is -4.49. The van der Waals surface area contributed by atoms with Gasteiger partial charge in [-0.1, -0.05) is 12.1 Å². The Bertz CT molecular complexity index is 1050. The largest absolute Gasteiger partial charge is 0.507 e. The van der Waals surface area contributed by atoms with Gasteiger partial charge in [0.15, 0.2) is 6.67 Å². The number of para-hydroxylation sites is 1. The van der Waals surface area contributed by atoms with Gasteiger partial charge in [-0.2, -0.15) is 5.48 Å². The zero-order valence-electron chi connectivity index (χ0n) is 16.5. The van der Waals surface area contributed by atoms with E-state index in [1.807, 2.05) is 5.48 Å². The fourth-order valence-corrected chi connectivity index (χ4v) is 2.86. The second-order valence-electron chi connectivity index (χ2n) is 6.42. The van der Waals surface area contributed by atoms with Crippen molar-refractivity contribution in [3.63, 3.8) is 0 Å². The van der Waals surface area contributed by atoms with Crippen LogP contribution in [0.5, 0.6) is 5.75 Å². The van der Waals surface area contributed by atoms with Crippen LogP contribution in [0.1, 0.15) is 17.3 Å². The van der Waals surface area contributed by atoms with E-state index in [2.05, 4.69) is 20.4 Å². The van der Waals surface area contributed by atoms with Gasteiger partial charge in [0.25, 0.3) is 30.0 Å². The highest BCUT2D eigenvalue weighted by molar-refractivity contribution is 6.22. The van der Waals surface area contributed by atoms with Gasteiger partial charge in [-0.25, -0.2) is 19.7 Å². The molecule has 3 heterocycles. The summed E-state index contributed by atoms with van der Waals surface area (Å²) in [6.07, 6.45) is 1.61. The number of carbonyl (C=O) groups is 4. The van der Waals surface area contributed by atoms with Gasteiger partial charge in [0.05, 0.1) is 5.56 Å². The fourth-order valence-electron chi connectivity index (χ4n) is 2.86. The number of hydrogen-bond acceptors (Lipinski definition) is 8. The molecule has 14 nitrogen and oxygen atoms in total. The quantitative estimate of drug-likeness (QED) is 0.181. The summed E-state index contributed by atoms with van der Waals surface area (Å²) in [6.45, 7) is 1.50. The highest BCUT2D eigenvalue weighted by Gasteiger charge is 2.57. The van der Waals surface area contributed by atoms with Gasteiger partial charge in [-0.3, -0.25) is 19.3 Å². The molecule has 0 radical (unpaired) electrons. The van der Waals surface area contributed by atoms with E-state index in [9.17, 15) is 24.3 Å². The van der Waals surface area contributed by atoms with E-state index in [0.29, 0.717) is 12.5 Å². The van der Waals surface area contributed by atoms with Gasteiger partial charge < -0.3 is 15.7 Å². The molecule has 3 aliphatic heterocycles. The molecule has 1 unspecified atom stereocenters. The van der Waals surface area contributed by atoms with Gasteiger partial charge in [-0.15, -0.1) is 5.10 Å². The van der Waals surface area contributed by atoms with Gasteiger partial charge in [0.1, 0.15) is 5.75 Å². The summed E-state index contributed by atoms with van der Waals surface area (Å²) in [4.78, 5) is 56.0. The summed E-state index contributed by atoms with van der Waals surface area (Å²) < 4.78 is 1.76. The summed E-state index contributed by atoms with van der Waals surface area (Å²) in [7, 11) is 1.64. The van der Waals surface area contributed by atoms with Gasteiger partial charge in [-0.05, 0) is 17.1 Å². The Labute approximate surface area is 175 Å². The Balaban J connectivity index is 0.000000183. The highest BCUT2D eigenvalue weighted by Crippen LogP contribution is 2.23. The molecule has 2 saturated heterocycles. The van der Waals surface area contributed by atoms with E-state index >= 15 is 0 Å². The predicted octanol–water partition coefficient (Wildman–Crippen LogP) is -1.91. The van der Waals surface area contributed by atoms with E-state index in [1.165, 1.54) is 28.9 Å². The number of benzene rings is 1. The van der Waals surface area contributed by atoms with Crippen molar-refractivity contribution in [2.45, 2.75) is 13.0 Å². The molecule has 4 amide bonds. The van der Waals surface area contributed by atoms with Gasteiger partial charge in [0.2, 0.25) is 5.96 Å². The minimum absolute atomic E-state index is 0.0431. The van der Waals surface area contributed by atoms with Gasteiger partial charge in [0, 0.05) is 14.0 Å². The van der Waals surface area contributed by atoms with Crippen LogP contribution in [0.15, 0.2) is 34.4 Å². The van der Waals surface area contributed by atoms with Crippen molar-refractivity contribution in [2.75, 3.05) is 13.7 Å². The number of nitrogens with zero attached hydrogens (tertiary/aromatic N) is 5. The second-order valence-corrected chi connectivity index (χ2v) is 6.42. The average Bonchev–Trinajstić information content (AvgIpc) is 3.27. The third kappa shape index (κ3) is 4.26. The van der Waals surface area contributed by atoms with E-state index in [-0.39, 0.29) is 35.3 Å². The molecule has 0 spiro atoms. The van der Waals surface area contributed by atoms with Crippen LogP contribution in [0.3, 0.4) is 0 Å². The number of hydrogen-bond donors (Lipinski definition) is 4. The van der Waals surface area contributed by atoms with Crippen LogP contribution in [0, 0.1) is 0 Å². The highest BCUT2D eigenvalue weighted by atomic mass is 16.7. The molecule has 1 atom stereocenters. The third-order valence-electron chi connectivity index (χ3n) is 4.31. The van der Waals surface area contributed by atoms with Crippen LogP contribution in [-0.2, 0) is 14.4 Å². The van der Waals surface area contributed by atoms with Crippen molar-refractivity contribution in [1.29, 1.82) is 0 Å². The number of phenols is 1. The number of phenolic OH excluding ortho intramolecular Hbond substituents is 1. The molecule has 2 fully saturated rings. The molecule has 2 bridgehead atoms. The lowest BCUT2D eigenvalue weighted by Crippen LogP contribution is -2.55. The lowest BCUT2D eigenvalue weighted by Gasteiger charge is -2.23. The zero-order chi connectivity index (χ0) is 22.7. The smallest absolute Gasteiger partial charge is 0.336 e. The molecule has 0 saturated carbocycles. The minimum Gasteiger partial charge on any atom is -0.507 e. The van der Waals surface area contributed by atoms with Crippen molar-refractivity contribution in [3.8, 4) is 5.75 Å². The Kier molecular flexibility index (Phi) is 5.81. The maximum atomic E-state index is 11.5. The van der Waals surface area contributed by atoms with Crippen LogP contribution >= 0.6 is 0 Å². The summed E-state index contributed by atoms with van der Waals surface area (Å²) in [5.74, 6) is -1.37. The van der Waals surface area contributed by atoms with Crippen LogP contribution in [-0.4, -0.2) is 81.2 Å². The first-order valence-corrected chi connectivity index (χ1v) is 8.81. The summed E-state index contributed by atoms with van der Waals surface area (Å²) in [5, 5.41) is 12.8. The third-order valence-corrected chi connectivity index (χ3v) is 4.31. The average molecular weight is 431 g/mol. The maximum Gasteiger partial charge on any atom is 0.336 e. The van der Waals surface area contributed by atoms with Crippen LogP contribution in [0.4, 0.5) is 4.79 Å². The first-order chi connectivity index (χ1) is 14.7.